The fourth-order valence-electron chi connectivity index (χ4n) is 3.32. The number of aryl methyl sites for hydroxylation is 1. The number of nitrogens with one attached hydrogen (secondary N) is 1. The lowest BCUT2D eigenvalue weighted by molar-refractivity contribution is -0.122. The van der Waals surface area contributed by atoms with Crippen LogP contribution in [0, 0.1) is 12.8 Å². The zero-order valence-electron chi connectivity index (χ0n) is 14.7. The van der Waals surface area contributed by atoms with E-state index in [1.165, 1.54) is 0 Å². The van der Waals surface area contributed by atoms with Crippen LogP contribution in [0.1, 0.15) is 43.4 Å². The van der Waals surface area contributed by atoms with Gasteiger partial charge in [0, 0.05) is 5.69 Å². The molecular weight excluding hydrogens is 314 g/mol. The van der Waals surface area contributed by atoms with E-state index >= 15 is 0 Å². The molecule has 3 rings (SSSR count). The van der Waals surface area contributed by atoms with Crippen molar-refractivity contribution in [2.45, 2.75) is 45.3 Å². The molecule has 1 aliphatic carbocycles. The van der Waals surface area contributed by atoms with Gasteiger partial charge in [-0.25, -0.2) is 0 Å². The summed E-state index contributed by atoms with van der Waals surface area (Å²) < 4.78 is 6.01. The number of hydrogen-bond donors (Lipinski definition) is 2. The van der Waals surface area contributed by atoms with E-state index in [1.807, 2.05) is 62.4 Å². The first kappa shape index (κ1) is 17.5. The van der Waals surface area contributed by atoms with Crippen LogP contribution in [-0.4, -0.2) is 17.1 Å². The number of aliphatic hydroxyl groups is 1. The molecule has 4 nitrogen and oxygen atoms in total. The molecule has 0 aromatic heterocycles. The van der Waals surface area contributed by atoms with Crippen LogP contribution < -0.4 is 10.1 Å². The van der Waals surface area contributed by atoms with Crippen molar-refractivity contribution >= 4 is 11.6 Å². The summed E-state index contributed by atoms with van der Waals surface area (Å²) in [6.07, 6.45) is 1.80. The van der Waals surface area contributed by atoms with Crippen LogP contribution in [0.2, 0.25) is 0 Å². The summed E-state index contributed by atoms with van der Waals surface area (Å²) in [4.78, 5) is 12.3. The second-order valence-electron chi connectivity index (χ2n) is 6.74. The highest BCUT2D eigenvalue weighted by atomic mass is 16.5. The molecule has 0 spiro atoms. The lowest BCUT2D eigenvalue weighted by Gasteiger charge is -2.18. The molecule has 3 unspecified atom stereocenters. The maximum Gasteiger partial charge on any atom is 0.230 e. The van der Waals surface area contributed by atoms with Crippen LogP contribution in [0.25, 0.3) is 0 Å². The van der Waals surface area contributed by atoms with Crippen molar-refractivity contribution < 1.29 is 14.6 Å². The SMILES string of the molecule is Cc1cc(OC(C)c2ccccc2)ccc1NC(=O)C1CCCC1O. The van der Waals surface area contributed by atoms with Gasteiger partial charge in [0.05, 0.1) is 12.0 Å². The predicted octanol–water partition coefficient (Wildman–Crippen LogP) is 4.23. The second-order valence-corrected chi connectivity index (χ2v) is 6.74. The molecule has 0 radical (unpaired) electrons. The first-order valence-corrected chi connectivity index (χ1v) is 8.86. The maximum atomic E-state index is 12.3. The quantitative estimate of drug-likeness (QED) is 0.857. The Kier molecular flexibility index (Phi) is 5.39. The van der Waals surface area contributed by atoms with E-state index in [0.29, 0.717) is 6.42 Å². The number of carbonyl (C=O) groups excluding carboxylic acids is 1. The highest BCUT2D eigenvalue weighted by molar-refractivity contribution is 5.93. The first-order valence-electron chi connectivity index (χ1n) is 8.86. The monoisotopic (exact) mass is 339 g/mol. The van der Waals surface area contributed by atoms with E-state index in [9.17, 15) is 9.90 Å². The van der Waals surface area contributed by atoms with Gasteiger partial charge in [-0.15, -0.1) is 0 Å². The Balaban J connectivity index is 1.65. The average molecular weight is 339 g/mol. The van der Waals surface area contributed by atoms with Crippen molar-refractivity contribution in [3.63, 3.8) is 0 Å². The molecule has 132 valence electrons. The highest BCUT2D eigenvalue weighted by Crippen LogP contribution is 2.29. The standard InChI is InChI=1S/C21H25NO3/c1-14-13-17(25-15(2)16-7-4-3-5-8-16)11-12-19(14)22-21(24)18-9-6-10-20(18)23/h3-5,7-8,11-13,15,18,20,23H,6,9-10H2,1-2H3,(H,22,24). The van der Waals surface area contributed by atoms with Crippen LogP contribution in [0.3, 0.4) is 0 Å². The summed E-state index contributed by atoms with van der Waals surface area (Å²) in [6, 6.07) is 15.7. The third kappa shape index (κ3) is 4.20. The molecule has 3 atom stereocenters. The summed E-state index contributed by atoms with van der Waals surface area (Å²) >= 11 is 0. The Morgan fingerprint density at radius 1 is 1.20 bits per heavy atom. The molecule has 1 fully saturated rings. The van der Waals surface area contributed by atoms with Gasteiger partial charge in [0.2, 0.25) is 5.91 Å². The molecule has 4 heteroatoms. The summed E-state index contributed by atoms with van der Waals surface area (Å²) in [6.45, 7) is 3.96. The molecule has 1 amide bonds. The van der Waals surface area contributed by atoms with Gasteiger partial charge >= 0.3 is 0 Å². The summed E-state index contributed by atoms with van der Waals surface area (Å²) in [5.41, 5.74) is 2.83. The van der Waals surface area contributed by atoms with Gasteiger partial charge in [0.1, 0.15) is 11.9 Å². The molecule has 0 aliphatic heterocycles. The molecule has 0 heterocycles. The van der Waals surface area contributed by atoms with Gasteiger partial charge in [-0.3, -0.25) is 4.79 Å². The Morgan fingerprint density at radius 3 is 2.60 bits per heavy atom. The predicted molar refractivity (Wildman–Crippen MR) is 98.6 cm³/mol. The lowest BCUT2D eigenvalue weighted by atomic mass is 10.0. The number of anilines is 1. The van der Waals surface area contributed by atoms with Gasteiger partial charge in [-0.05, 0) is 62.4 Å². The van der Waals surface area contributed by atoms with E-state index < -0.39 is 6.10 Å². The largest absolute Gasteiger partial charge is 0.486 e. The van der Waals surface area contributed by atoms with Crippen LogP contribution in [0.15, 0.2) is 48.5 Å². The van der Waals surface area contributed by atoms with Crippen molar-refractivity contribution in [3.05, 3.63) is 59.7 Å². The summed E-state index contributed by atoms with van der Waals surface area (Å²) in [7, 11) is 0. The molecule has 0 saturated heterocycles. The van der Waals surface area contributed by atoms with E-state index in [1.54, 1.807) is 0 Å². The van der Waals surface area contributed by atoms with Crippen LogP contribution >= 0.6 is 0 Å². The topological polar surface area (TPSA) is 58.6 Å². The summed E-state index contributed by atoms with van der Waals surface area (Å²) in [5.74, 6) is 0.376. The third-order valence-electron chi connectivity index (χ3n) is 4.85. The van der Waals surface area contributed by atoms with E-state index in [0.717, 1.165) is 35.4 Å². The number of amides is 1. The van der Waals surface area contributed by atoms with Crippen molar-refractivity contribution in [1.29, 1.82) is 0 Å². The van der Waals surface area contributed by atoms with Crippen LogP contribution in [0.5, 0.6) is 5.75 Å². The van der Waals surface area contributed by atoms with Crippen molar-refractivity contribution in [1.82, 2.24) is 0 Å². The van der Waals surface area contributed by atoms with E-state index in [-0.39, 0.29) is 17.9 Å². The third-order valence-corrected chi connectivity index (χ3v) is 4.85. The van der Waals surface area contributed by atoms with Gasteiger partial charge in [0.15, 0.2) is 0 Å². The first-order chi connectivity index (χ1) is 12.0. The van der Waals surface area contributed by atoms with Gasteiger partial charge in [-0.1, -0.05) is 30.3 Å². The summed E-state index contributed by atoms with van der Waals surface area (Å²) in [5, 5.41) is 12.8. The lowest BCUT2D eigenvalue weighted by Crippen LogP contribution is -2.28. The van der Waals surface area contributed by atoms with Crippen molar-refractivity contribution in [2.24, 2.45) is 5.92 Å². The molecule has 1 saturated carbocycles. The fourth-order valence-corrected chi connectivity index (χ4v) is 3.32. The Labute approximate surface area is 148 Å². The Hall–Kier alpha value is -2.33. The van der Waals surface area contributed by atoms with Gasteiger partial charge < -0.3 is 15.2 Å². The Morgan fingerprint density at radius 2 is 1.96 bits per heavy atom. The zero-order chi connectivity index (χ0) is 17.8. The second kappa shape index (κ2) is 7.70. The van der Waals surface area contributed by atoms with Crippen molar-refractivity contribution in [3.8, 4) is 5.75 Å². The minimum Gasteiger partial charge on any atom is -0.486 e. The van der Waals surface area contributed by atoms with Crippen LogP contribution in [-0.2, 0) is 4.79 Å². The van der Waals surface area contributed by atoms with Crippen molar-refractivity contribution in [2.75, 3.05) is 5.32 Å². The van der Waals surface area contributed by atoms with E-state index in [4.69, 9.17) is 4.74 Å². The minimum atomic E-state index is -0.519. The number of carbonyl (C=O) groups is 1. The number of benzene rings is 2. The smallest absolute Gasteiger partial charge is 0.230 e. The average Bonchev–Trinajstić information content (AvgIpc) is 3.04. The number of hydrogen-bond acceptors (Lipinski definition) is 3. The highest BCUT2D eigenvalue weighted by Gasteiger charge is 2.31. The fraction of sp³-hybridized carbons (Fsp3) is 0.381. The van der Waals surface area contributed by atoms with Gasteiger partial charge in [-0.2, -0.15) is 0 Å². The Bertz CT molecular complexity index is 729. The molecule has 2 aromatic carbocycles. The molecule has 2 aromatic rings. The minimum absolute atomic E-state index is 0.0466. The zero-order valence-corrected chi connectivity index (χ0v) is 14.7. The maximum absolute atomic E-state index is 12.3. The molecule has 0 bridgehead atoms. The normalized spacial score (nSPS) is 20.9. The van der Waals surface area contributed by atoms with E-state index in [2.05, 4.69) is 5.32 Å². The molecule has 1 aliphatic rings. The van der Waals surface area contributed by atoms with Gasteiger partial charge in [0.25, 0.3) is 0 Å². The molecular formula is C21H25NO3. The molecule has 2 N–H and O–H groups in total. The molecule has 25 heavy (non-hydrogen) atoms. The van der Waals surface area contributed by atoms with Crippen LogP contribution in [0.4, 0.5) is 5.69 Å². The number of aliphatic hydroxyl groups excluding tert-OH is 1. The number of rotatable bonds is 5. The number of ether oxygens (including phenoxy) is 1.